The molecule has 0 radical (unpaired) electrons. The van der Waals surface area contributed by atoms with Crippen LogP contribution in [0.15, 0.2) is 42.6 Å². The Balaban J connectivity index is 2.11. The number of anilines is 1. The molecule has 1 heterocycles. The van der Waals surface area contributed by atoms with E-state index >= 15 is 0 Å². The Morgan fingerprint density at radius 3 is 2.74 bits per heavy atom. The highest BCUT2D eigenvalue weighted by Crippen LogP contribution is 2.24. The van der Waals surface area contributed by atoms with Crippen LogP contribution < -0.4 is 10.1 Å². The van der Waals surface area contributed by atoms with Gasteiger partial charge in [-0.15, -0.1) is 0 Å². The molecule has 0 aliphatic carbocycles. The maximum absolute atomic E-state index is 5.49. The first-order valence-electron chi connectivity index (χ1n) is 6.61. The molecule has 100 valence electrons. The van der Waals surface area contributed by atoms with Gasteiger partial charge >= 0.3 is 0 Å². The molecule has 19 heavy (non-hydrogen) atoms. The van der Waals surface area contributed by atoms with Gasteiger partial charge in [-0.1, -0.05) is 6.07 Å². The summed E-state index contributed by atoms with van der Waals surface area (Å²) in [5.41, 5.74) is 3.33. The lowest BCUT2D eigenvalue weighted by molar-refractivity contribution is 0.340. The first-order valence-corrected chi connectivity index (χ1v) is 6.61. The van der Waals surface area contributed by atoms with E-state index in [4.69, 9.17) is 4.74 Å². The lowest BCUT2D eigenvalue weighted by Gasteiger charge is -2.17. The molecule has 1 atom stereocenters. The Hall–Kier alpha value is -2.03. The lowest BCUT2D eigenvalue weighted by Crippen LogP contribution is -2.09. The van der Waals surface area contributed by atoms with Crippen LogP contribution in [0.2, 0.25) is 0 Å². The number of hydrogen-bond acceptors (Lipinski definition) is 3. The molecule has 0 saturated carbocycles. The van der Waals surface area contributed by atoms with Gasteiger partial charge in [-0.05, 0) is 56.7 Å². The molecule has 2 aromatic rings. The lowest BCUT2D eigenvalue weighted by atomic mass is 10.1. The fourth-order valence-electron chi connectivity index (χ4n) is 1.99. The van der Waals surface area contributed by atoms with Gasteiger partial charge < -0.3 is 10.1 Å². The van der Waals surface area contributed by atoms with Crippen molar-refractivity contribution in [2.24, 2.45) is 0 Å². The highest BCUT2D eigenvalue weighted by molar-refractivity contribution is 5.54. The van der Waals surface area contributed by atoms with Crippen molar-refractivity contribution in [3.05, 3.63) is 53.9 Å². The molecule has 0 amide bonds. The maximum Gasteiger partial charge on any atom is 0.119 e. The molecule has 1 aromatic heterocycles. The van der Waals surface area contributed by atoms with E-state index in [0.29, 0.717) is 6.61 Å². The van der Waals surface area contributed by atoms with E-state index in [1.54, 1.807) is 0 Å². The van der Waals surface area contributed by atoms with Crippen molar-refractivity contribution in [3.63, 3.8) is 0 Å². The third kappa shape index (κ3) is 3.47. The molecule has 0 aliphatic heterocycles. The Morgan fingerprint density at radius 1 is 1.26 bits per heavy atom. The van der Waals surface area contributed by atoms with Crippen molar-refractivity contribution >= 4 is 5.69 Å². The van der Waals surface area contributed by atoms with Crippen LogP contribution in [0.5, 0.6) is 5.75 Å². The number of nitrogens with one attached hydrogen (secondary N) is 1. The summed E-state index contributed by atoms with van der Waals surface area (Å²) < 4.78 is 5.49. The topological polar surface area (TPSA) is 34.1 Å². The number of aryl methyl sites for hydroxylation is 1. The van der Waals surface area contributed by atoms with E-state index < -0.39 is 0 Å². The van der Waals surface area contributed by atoms with Crippen molar-refractivity contribution in [3.8, 4) is 5.75 Å². The molecule has 0 spiro atoms. The van der Waals surface area contributed by atoms with Crippen molar-refractivity contribution in [2.75, 3.05) is 11.9 Å². The summed E-state index contributed by atoms with van der Waals surface area (Å²) in [7, 11) is 0. The van der Waals surface area contributed by atoms with Gasteiger partial charge in [0.25, 0.3) is 0 Å². The number of aromatic nitrogens is 1. The predicted octanol–water partition coefficient (Wildman–Crippen LogP) is 3.96. The number of hydrogen-bond donors (Lipinski definition) is 1. The Labute approximate surface area is 114 Å². The highest BCUT2D eigenvalue weighted by atomic mass is 16.5. The zero-order chi connectivity index (χ0) is 13.7. The number of nitrogens with zero attached hydrogens (tertiary/aromatic N) is 1. The van der Waals surface area contributed by atoms with Crippen LogP contribution in [-0.2, 0) is 0 Å². The minimum absolute atomic E-state index is 0.179. The van der Waals surface area contributed by atoms with Gasteiger partial charge in [0.05, 0.1) is 18.3 Å². The van der Waals surface area contributed by atoms with Crippen LogP contribution in [0.25, 0.3) is 0 Å². The largest absolute Gasteiger partial charge is 0.494 e. The zero-order valence-electron chi connectivity index (χ0n) is 11.7. The average Bonchev–Trinajstić information content (AvgIpc) is 2.43. The minimum Gasteiger partial charge on any atom is -0.494 e. The summed E-state index contributed by atoms with van der Waals surface area (Å²) in [5, 5.41) is 3.48. The zero-order valence-corrected chi connectivity index (χ0v) is 11.7. The van der Waals surface area contributed by atoms with Gasteiger partial charge in [0.15, 0.2) is 0 Å². The van der Waals surface area contributed by atoms with Crippen molar-refractivity contribution in [1.82, 2.24) is 4.98 Å². The van der Waals surface area contributed by atoms with Gasteiger partial charge in [0, 0.05) is 11.9 Å². The molecule has 3 heteroatoms. The third-order valence-corrected chi connectivity index (χ3v) is 3.01. The van der Waals surface area contributed by atoms with Gasteiger partial charge in [-0.2, -0.15) is 0 Å². The Morgan fingerprint density at radius 2 is 2.11 bits per heavy atom. The molecule has 1 unspecified atom stereocenters. The molecule has 2 rings (SSSR count). The van der Waals surface area contributed by atoms with Crippen LogP contribution in [0, 0.1) is 6.92 Å². The summed E-state index contributed by atoms with van der Waals surface area (Å²) >= 11 is 0. The van der Waals surface area contributed by atoms with Crippen LogP contribution >= 0.6 is 0 Å². The first kappa shape index (κ1) is 13.4. The minimum atomic E-state index is 0.179. The monoisotopic (exact) mass is 256 g/mol. The smallest absolute Gasteiger partial charge is 0.119 e. The molecule has 1 N–H and O–H groups in total. The van der Waals surface area contributed by atoms with Crippen molar-refractivity contribution in [2.45, 2.75) is 26.8 Å². The first-order chi connectivity index (χ1) is 9.20. The normalized spacial score (nSPS) is 11.9. The number of benzene rings is 1. The van der Waals surface area contributed by atoms with Gasteiger partial charge in [0.2, 0.25) is 0 Å². The van der Waals surface area contributed by atoms with Gasteiger partial charge in [0.1, 0.15) is 5.75 Å². The second kappa shape index (κ2) is 6.23. The van der Waals surface area contributed by atoms with E-state index in [9.17, 15) is 0 Å². The summed E-state index contributed by atoms with van der Waals surface area (Å²) in [6.07, 6.45) is 1.82. The van der Waals surface area contributed by atoms with Crippen molar-refractivity contribution in [1.29, 1.82) is 0 Å². The van der Waals surface area contributed by atoms with Gasteiger partial charge in [-0.25, -0.2) is 0 Å². The van der Waals surface area contributed by atoms with Crippen LogP contribution in [0.4, 0.5) is 5.69 Å². The summed E-state index contributed by atoms with van der Waals surface area (Å²) in [6.45, 7) is 6.87. The number of pyridine rings is 1. The summed E-state index contributed by atoms with van der Waals surface area (Å²) in [6, 6.07) is 12.2. The molecule has 1 aromatic carbocycles. The van der Waals surface area contributed by atoms with E-state index in [1.165, 1.54) is 5.56 Å². The van der Waals surface area contributed by atoms with Gasteiger partial charge in [-0.3, -0.25) is 4.98 Å². The molecular weight excluding hydrogens is 236 g/mol. The van der Waals surface area contributed by atoms with E-state index in [0.717, 1.165) is 17.1 Å². The fourth-order valence-corrected chi connectivity index (χ4v) is 1.99. The third-order valence-electron chi connectivity index (χ3n) is 3.01. The van der Waals surface area contributed by atoms with E-state index in [1.807, 2.05) is 37.4 Å². The molecule has 3 nitrogen and oxygen atoms in total. The fraction of sp³-hybridized carbons (Fsp3) is 0.312. The highest BCUT2D eigenvalue weighted by Gasteiger charge is 2.08. The van der Waals surface area contributed by atoms with E-state index in [2.05, 4.69) is 36.3 Å². The van der Waals surface area contributed by atoms with Crippen LogP contribution in [-0.4, -0.2) is 11.6 Å². The molecular formula is C16H20N2O. The maximum atomic E-state index is 5.49. The molecule has 0 saturated heterocycles. The number of ether oxygens (including phenoxy) is 1. The summed E-state index contributed by atoms with van der Waals surface area (Å²) in [5.74, 6) is 0.913. The Bertz CT molecular complexity index is 526. The van der Waals surface area contributed by atoms with Crippen LogP contribution in [0.1, 0.15) is 31.1 Å². The second-order valence-electron chi connectivity index (χ2n) is 4.53. The molecule has 0 fully saturated rings. The van der Waals surface area contributed by atoms with E-state index in [-0.39, 0.29) is 6.04 Å². The molecule has 0 bridgehead atoms. The average molecular weight is 256 g/mol. The molecule has 0 aliphatic rings. The second-order valence-corrected chi connectivity index (χ2v) is 4.53. The quantitative estimate of drug-likeness (QED) is 0.879. The van der Waals surface area contributed by atoms with Crippen LogP contribution in [0.3, 0.4) is 0 Å². The predicted molar refractivity (Wildman–Crippen MR) is 78.6 cm³/mol. The number of rotatable bonds is 5. The summed E-state index contributed by atoms with van der Waals surface area (Å²) in [4.78, 5) is 4.36. The standard InChI is InChI=1S/C16H20N2O/c1-4-19-14-8-9-15(12(2)11-14)18-13(3)16-7-5-6-10-17-16/h5-11,13,18H,4H2,1-3H3. The van der Waals surface area contributed by atoms with Crippen molar-refractivity contribution < 1.29 is 4.74 Å². The SMILES string of the molecule is CCOc1ccc(NC(C)c2ccccn2)c(C)c1. The Kier molecular flexibility index (Phi) is 4.39.